The summed E-state index contributed by atoms with van der Waals surface area (Å²) in [5.74, 6) is -1.55. The number of aliphatic hydroxyl groups is 2. The summed E-state index contributed by atoms with van der Waals surface area (Å²) in [4.78, 5) is 35.3. The average Bonchev–Trinajstić information content (AvgIpc) is 3.23. The van der Waals surface area contributed by atoms with Gasteiger partial charge in [-0.25, -0.2) is 14.4 Å². The van der Waals surface area contributed by atoms with Gasteiger partial charge >= 0.3 is 17.7 Å². The second-order valence-corrected chi connectivity index (χ2v) is 8.77. The first kappa shape index (κ1) is 24.2. The Hall–Kier alpha value is -4.47. The number of amides is 1. The number of carboxylic acid groups (broad SMARTS) is 1. The number of nitrogens with one attached hydrogen (secondary N) is 1. The third-order valence-electron chi connectivity index (χ3n) is 6.49. The van der Waals surface area contributed by atoms with E-state index in [-0.39, 0.29) is 35.6 Å². The number of benzene rings is 3. The van der Waals surface area contributed by atoms with E-state index < -0.39 is 35.5 Å². The molecule has 0 saturated heterocycles. The molecule has 1 amide bonds. The number of aliphatic hydroxyl groups excluding tert-OH is 2. The maximum absolute atomic E-state index is 12.4. The average molecular weight is 501 g/mol. The number of hydrogen-bond donors (Lipinski definition) is 4. The van der Waals surface area contributed by atoms with Crippen molar-refractivity contribution in [3.8, 4) is 11.1 Å². The molecule has 1 heterocycles. The lowest BCUT2D eigenvalue weighted by molar-refractivity contribution is 0.0186. The molecule has 2 atom stereocenters. The standard InChI is InChI=1S/C28H23NO8/c30-23(25(31)15-9-10-24-16(11-15)12-21(26(32)33)27(34)37-24)13-29-28(35)36-14-22-19-7-3-1-5-17(19)18-6-2-4-8-20(18)22/h1-12,22-23,25,30-31H,13-14H2,(H,29,35)(H,32,33). The predicted molar refractivity (Wildman–Crippen MR) is 133 cm³/mol. The number of carbonyl (C=O) groups excluding carboxylic acids is 1. The SMILES string of the molecule is O=C(NCC(O)C(O)c1ccc2oc(=O)c(C(=O)O)cc2c1)OCC1c2ccccc2-c2ccccc21. The quantitative estimate of drug-likeness (QED) is 0.282. The molecule has 9 nitrogen and oxygen atoms in total. The molecule has 37 heavy (non-hydrogen) atoms. The molecule has 0 aliphatic heterocycles. The normalized spacial score (nSPS) is 14.0. The van der Waals surface area contributed by atoms with Crippen molar-refractivity contribution in [1.82, 2.24) is 5.32 Å². The molecule has 0 fully saturated rings. The molecule has 4 N–H and O–H groups in total. The summed E-state index contributed by atoms with van der Waals surface area (Å²) in [6, 6.07) is 21.3. The fourth-order valence-corrected chi connectivity index (χ4v) is 4.65. The smallest absolute Gasteiger partial charge is 0.407 e. The third-order valence-corrected chi connectivity index (χ3v) is 6.49. The van der Waals surface area contributed by atoms with Crippen LogP contribution >= 0.6 is 0 Å². The zero-order valence-corrected chi connectivity index (χ0v) is 19.5. The summed E-state index contributed by atoms with van der Waals surface area (Å²) >= 11 is 0. The number of carbonyl (C=O) groups is 2. The van der Waals surface area contributed by atoms with Crippen LogP contribution in [-0.4, -0.2) is 46.6 Å². The summed E-state index contributed by atoms with van der Waals surface area (Å²) < 4.78 is 10.4. The first-order valence-corrected chi connectivity index (χ1v) is 11.6. The van der Waals surface area contributed by atoms with E-state index in [2.05, 4.69) is 5.32 Å². The third kappa shape index (κ3) is 4.69. The van der Waals surface area contributed by atoms with Crippen molar-refractivity contribution in [3.63, 3.8) is 0 Å². The van der Waals surface area contributed by atoms with Crippen LogP contribution in [0.2, 0.25) is 0 Å². The number of rotatable bonds is 7. The highest BCUT2D eigenvalue weighted by molar-refractivity contribution is 5.91. The van der Waals surface area contributed by atoms with E-state index in [1.165, 1.54) is 18.2 Å². The van der Waals surface area contributed by atoms with Crippen LogP contribution in [0.1, 0.15) is 39.1 Å². The zero-order chi connectivity index (χ0) is 26.1. The van der Waals surface area contributed by atoms with Crippen LogP contribution in [0.3, 0.4) is 0 Å². The lowest BCUT2D eigenvalue weighted by Gasteiger charge is -2.19. The van der Waals surface area contributed by atoms with Crippen LogP contribution < -0.4 is 10.9 Å². The Labute approximate surface area is 210 Å². The van der Waals surface area contributed by atoms with E-state index in [0.29, 0.717) is 0 Å². The summed E-state index contributed by atoms with van der Waals surface area (Å²) in [5, 5.41) is 32.9. The minimum Gasteiger partial charge on any atom is -0.477 e. The lowest BCUT2D eigenvalue weighted by atomic mass is 9.98. The number of carboxylic acids is 1. The van der Waals surface area contributed by atoms with Crippen molar-refractivity contribution in [1.29, 1.82) is 0 Å². The first-order chi connectivity index (χ1) is 17.8. The van der Waals surface area contributed by atoms with Crippen molar-refractivity contribution in [3.05, 3.63) is 105 Å². The Morgan fingerprint density at radius 3 is 2.24 bits per heavy atom. The molecule has 1 aliphatic rings. The van der Waals surface area contributed by atoms with Gasteiger partial charge in [0.1, 0.15) is 30.0 Å². The predicted octanol–water partition coefficient (Wildman–Crippen LogP) is 3.42. The molecule has 1 aromatic heterocycles. The summed E-state index contributed by atoms with van der Waals surface area (Å²) in [6.45, 7) is -0.180. The van der Waals surface area contributed by atoms with E-state index in [0.717, 1.165) is 28.3 Å². The Bertz CT molecular complexity index is 1510. The van der Waals surface area contributed by atoms with Crippen LogP contribution in [0.15, 0.2) is 82.0 Å². The molecule has 1 aliphatic carbocycles. The van der Waals surface area contributed by atoms with E-state index in [1.807, 2.05) is 48.5 Å². The second kappa shape index (κ2) is 9.88. The molecule has 4 aromatic rings. The lowest BCUT2D eigenvalue weighted by Crippen LogP contribution is -2.36. The van der Waals surface area contributed by atoms with Crippen molar-refractivity contribution in [2.75, 3.05) is 13.2 Å². The summed E-state index contributed by atoms with van der Waals surface area (Å²) in [5.41, 5.74) is 3.22. The van der Waals surface area contributed by atoms with Gasteiger partial charge in [0.2, 0.25) is 0 Å². The summed E-state index contributed by atoms with van der Waals surface area (Å²) in [6.07, 6.45) is -3.52. The highest BCUT2D eigenvalue weighted by Gasteiger charge is 2.29. The van der Waals surface area contributed by atoms with Crippen molar-refractivity contribution in [2.45, 2.75) is 18.1 Å². The molecule has 5 rings (SSSR count). The van der Waals surface area contributed by atoms with Crippen LogP contribution in [0.4, 0.5) is 4.79 Å². The molecule has 0 bridgehead atoms. The van der Waals surface area contributed by atoms with Gasteiger partial charge in [-0.05, 0) is 46.0 Å². The topological polar surface area (TPSA) is 146 Å². The Kier molecular flexibility index (Phi) is 6.47. The van der Waals surface area contributed by atoms with Gasteiger partial charge in [-0.2, -0.15) is 0 Å². The first-order valence-electron chi connectivity index (χ1n) is 11.6. The molecule has 0 saturated carbocycles. The Morgan fingerprint density at radius 2 is 1.59 bits per heavy atom. The van der Waals surface area contributed by atoms with Crippen LogP contribution in [-0.2, 0) is 4.74 Å². The molecule has 9 heteroatoms. The van der Waals surface area contributed by atoms with Gasteiger partial charge in [-0.1, -0.05) is 54.6 Å². The molecule has 0 radical (unpaired) electrons. The minimum atomic E-state index is -1.44. The van der Waals surface area contributed by atoms with E-state index >= 15 is 0 Å². The van der Waals surface area contributed by atoms with Gasteiger partial charge in [0, 0.05) is 17.8 Å². The molecular formula is C28H23NO8. The highest BCUT2D eigenvalue weighted by atomic mass is 16.5. The van der Waals surface area contributed by atoms with Gasteiger partial charge in [-0.3, -0.25) is 0 Å². The maximum Gasteiger partial charge on any atom is 0.407 e. The van der Waals surface area contributed by atoms with E-state index in [4.69, 9.17) is 14.3 Å². The highest BCUT2D eigenvalue weighted by Crippen LogP contribution is 2.44. The largest absolute Gasteiger partial charge is 0.477 e. The second-order valence-electron chi connectivity index (χ2n) is 8.77. The molecule has 188 valence electrons. The number of hydrogen-bond acceptors (Lipinski definition) is 7. The van der Waals surface area contributed by atoms with Crippen LogP contribution in [0, 0.1) is 0 Å². The van der Waals surface area contributed by atoms with Crippen molar-refractivity contribution in [2.24, 2.45) is 0 Å². The van der Waals surface area contributed by atoms with Crippen LogP contribution in [0.5, 0.6) is 0 Å². The van der Waals surface area contributed by atoms with Gasteiger partial charge < -0.3 is 29.8 Å². The number of aromatic carboxylic acids is 1. The van der Waals surface area contributed by atoms with Crippen LogP contribution in [0.25, 0.3) is 22.1 Å². The number of alkyl carbamates (subject to hydrolysis) is 1. The van der Waals surface area contributed by atoms with E-state index in [9.17, 15) is 24.6 Å². The Morgan fingerprint density at radius 1 is 0.946 bits per heavy atom. The van der Waals surface area contributed by atoms with Gasteiger partial charge in [0.25, 0.3) is 0 Å². The zero-order valence-electron chi connectivity index (χ0n) is 19.5. The number of ether oxygens (including phenoxy) is 1. The summed E-state index contributed by atoms with van der Waals surface area (Å²) in [7, 11) is 0. The van der Waals surface area contributed by atoms with Gasteiger partial charge in [0.05, 0.1) is 0 Å². The van der Waals surface area contributed by atoms with Gasteiger partial charge in [-0.15, -0.1) is 0 Å². The Balaban J connectivity index is 1.21. The minimum absolute atomic E-state index is 0.109. The van der Waals surface area contributed by atoms with Gasteiger partial charge in [0.15, 0.2) is 0 Å². The monoisotopic (exact) mass is 501 g/mol. The fourth-order valence-electron chi connectivity index (χ4n) is 4.65. The van der Waals surface area contributed by atoms with E-state index in [1.54, 1.807) is 0 Å². The molecule has 3 aromatic carbocycles. The van der Waals surface area contributed by atoms with Crippen molar-refractivity contribution >= 4 is 23.0 Å². The maximum atomic E-state index is 12.4. The fraction of sp³-hybridized carbons (Fsp3) is 0.179. The van der Waals surface area contributed by atoms with Crippen molar-refractivity contribution < 1.29 is 34.1 Å². The molecule has 0 spiro atoms. The number of fused-ring (bicyclic) bond motifs is 4. The molecular weight excluding hydrogens is 478 g/mol. The molecule has 2 unspecified atom stereocenters.